The molecule has 0 aromatic carbocycles. The number of aromatic nitrogens is 4. The highest BCUT2D eigenvalue weighted by molar-refractivity contribution is 5.74. The molecule has 7 heteroatoms. The summed E-state index contributed by atoms with van der Waals surface area (Å²) >= 11 is 0. The summed E-state index contributed by atoms with van der Waals surface area (Å²) in [5.41, 5.74) is 0.0257. The summed E-state index contributed by atoms with van der Waals surface area (Å²) in [7, 11) is 1.61. The van der Waals surface area contributed by atoms with Crippen LogP contribution in [0.25, 0.3) is 11.2 Å². The summed E-state index contributed by atoms with van der Waals surface area (Å²) in [6.45, 7) is 6.84. The highest BCUT2D eigenvalue weighted by Gasteiger charge is 2.17. The number of H-pyrrole nitrogens is 1. The van der Waals surface area contributed by atoms with Gasteiger partial charge in [0.2, 0.25) is 5.95 Å². The summed E-state index contributed by atoms with van der Waals surface area (Å²) in [4.78, 5) is 30.5. The first kappa shape index (κ1) is 14.4. The summed E-state index contributed by atoms with van der Waals surface area (Å²) in [6.07, 6.45) is 1.83. The first-order valence-corrected chi connectivity index (χ1v) is 6.95. The number of nitrogens with one attached hydrogen (secondary N) is 2. The molecule has 7 nitrogen and oxygen atoms in total. The Hall–Kier alpha value is -2.05. The van der Waals surface area contributed by atoms with E-state index in [4.69, 9.17) is 0 Å². The Balaban J connectivity index is 2.72. The quantitative estimate of drug-likeness (QED) is 0.856. The highest BCUT2D eigenvalue weighted by atomic mass is 16.2. The Morgan fingerprint density at radius 2 is 2.05 bits per heavy atom. The van der Waals surface area contributed by atoms with E-state index in [1.807, 2.05) is 11.5 Å². The largest absolute Gasteiger partial charge is 0.353 e. The second kappa shape index (κ2) is 5.52. The van der Waals surface area contributed by atoms with Gasteiger partial charge in [-0.25, -0.2) is 4.79 Å². The average Bonchev–Trinajstić information content (AvgIpc) is 2.76. The molecule has 2 rings (SSSR count). The van der Waals surface area contributed by atoms with Crippen LogP contribution in [-0.2, 0) is 13.6 Å². The maximum absolute atomic E-state index is 12.1. The maximum atomic E-state index is 12.1. The molecule has 2 N–H and O–H groups in total. The molecule has 2 heterocycles. The van der Waals surface area contributed by atoms with Gasteiger partial charge in [0.25, 0.3) is 5.56 Å². The third-order valence-electron chi connectivity index (χ3n) is 3.44. The van der Waals surface area contributed by atoms with Crippen molar-refractivity contribution < 1.29 is 0 Å². The fourth-order valence-corrected chi connectivity index (χ4v) is 2.11. The molecular formula is C13H21N5O2. The van der Waals surface area contributed by atoms with E-state index in [2.05, 4.69) is 29.1 Å². The van der Waals surface area contributed by atoms with Crippen molar-refractivity contribution in [2.24, 2.45) is 7.05 Å². The second-order valence-electron chi connectivity index (χ2n) is 5.03. The fraction of sp³-hybridized carbons (Fsp3) is 0.615. The third kappa shape index (κ3) is 2.35. The number of anilines is 1. The number of aryl methyl sites for hydroxylation is 2. The molecule has 2 aromatic rings. The van der Waals surface area contributed by atoms with Crippen LogP contribution in [0.3, 0.4) is 0 Å². The van der Waals surface area contributed by atoms with Gasteiger partial charge in [-0.3, -0.25) is 14.3 Å². The van der Waals surface area contributed by atoms with Crippen molar-refractivity contribution in [2.45, 2.75) is 46.2 Å². The van der Waals surface area contributed by atoms with Gasteiger partial charge in [-0.1, -0.05) is 13.8 Å². The van der Waals surface area contributed by atoms with Crippen molar-refractivity contribution in [3.8, 4) is 0 Å². The van der Waals surface area contributed by atoms with E-state index in [0.717, 1.165) is 12.8 Å². The van der Waals surface area contributed by atoms with E-state index < -0.39 is 5.69 Å². The van der Waals surface area contributed by atoms with Crippen molar-refractivity contribution in [1.29, 1.82) is 0 Å². The zero-order chi connectivity index (χ0) is 14.9. The van der Waals surface area contributed by atoms with Gasteiger partial charge < -0.3 is 9.88 Å². The van der Waals surface area contributed by atoms with E-state index in [1.165, 1.54) is 4.57 Å². The van der Waals surface area contributed by atoms with E-state index in [0.29, 0.717) is 23.7 Å². The first-order chi connectivity index (χ1) is 9.49. The molecule has 0 unspecified atom stereocenters. The summed E-state index contributed by atoms with van der Waals surface area (Å²) in [5.74, 6) is 0.642. The standard InChI is InChI=1S/C13H21N5O2/c1-5-7-18-9-10(15-12(18)14-8(3)6-2)17(4)13(20)16-11(9)19/h8H,5-7H2,1-4H3,(H,14,15)(H,16,19,20)/t8-/m1/s1. The zero-order valence-corrected chi connectivity index (χ0v) is 12.4. The zero-order valence-electron chi connectivity index (χ0n) is 12.4. The van der Waals surface area contributed by atoms with Crippen LogP contribution >= 0.6 is 0 Å². The lowest BCUT2D eigenvalue weighted by Crippen LogP contribution is -2.29. The number of hydrogen-bond acceptors (Lipinski definition) is 4. The van der Waals surface area contributed by atoms with Gasteiger partial charge >= 0.3 is 5.69 Å². The number of hydrogen-bond donors (Lipinski definition) is 2. The van der Waals surface area contributed by atoms with E-state index in [9.17, 15) is 9.59 Å². The second-order valence-corrected chi connectivity index (χ2v) is 5.03. The molecule has 0 saturated carbocycles. The SMILES string of the molecule is CCCn1c(N[C@H](C)CC)nc2c1c(=O)[nH]c(=O)n2C. The van der Waals surface area contributed by atoms with E-state index in [1.54, 1.807) is 7.05 Å². The van der Waals surface area contributed by atoms with Gasteiger partial charge in [-0.2, -0.15) is 4.98 Å². The minimum atomic E-state index is -0.446. The Labute approximate surface area is 116 Å². The molecule has 0 fully saturated rings. The van der Waals surface area contributed by atoms with Crippen molar-refractivity contribution in [2.75, 3.05) is 5.32 Å². The van der Waals surface area contributed by atoms with Gasteiger partial charge in [0.15, 0.2) is 11.2 Å². The highest BCUT2D eigenvalue weighted by Crippen LogP contribution is 2.17. The van der Waals surface area contributed by atoms with E-state index in [-0.39, 0.29) is 11.6 Å². The molecule has 1 atom stereocenters. The lowest BCUT2D eigenvalue weighted by molar-refractivity contribution is 0.677. The van der Waals surface area contributed by atoms with Crippen LogP contribution in [-0.4, -0.2) is 25.1 Å². The molecule has 0 amide bonds. The predicted octanol–water partition coefficient (Wildman–Crippen LogP) is 1.04. The molecule has 110 valence electrons. The van der Waals surface area contributed by atoms with Crippen LogP contribution in [0.4, 0.5) is 5.95 Å². The molecule has 20 heavy (non-hydrogen) atoms. The average molecular weight is 279 g/mol. The van der Waals surface area contributed by atoms with Crippen molar-refractivity contribution >= 4 is 17.1 Å². The Bertz CT molecular complexity index is 725. The van der Waals surface area contributed by atoms with Crippen molar-refractivity contribution in [1.82, 2.24) is 19.1 Å². The van der Waals surface area contributed by atoms with Crippen molar-refractivity contribution in [3.63, 3.8) is 0 Å². The third-order valence-corrected chi connectivity index (χ3v) is 3.44. The summed E-state index contributed by atoms with van der Waals surface area (Å²) in [6, 6.07) is 0.249. The predicted molar refractivity (Wildman–Crippen MR) is 79.3 cm³/mol. The van der Waals surface area contributed by atoms with Crippen LogP contribution < -0.4 is 16.6 Å². The van der Waals surface area contributed by atoms with Crippen LogP contribution in [0.15, 0.2) is 9.59 Å². The smallest absolute Gasteiger partial charge is 0.329 e. The lowest BCUT2D eigenvalue weighted by atomic mass is 10.3. The van der Waals surface area contributed by atoms with Gasteiger partial charge in [-0.15, -0.1) is 0 Å². The Kier molecular flexibility index (Phi) is 3.96. The Morgan fingerprint density at radius 1 is 1.35 bits per heavy atom. The molecule has 0 spiro atoms. The monoisotopic (exact) mass is 279 g/mol. The number of rotatable bonds is 5. The number of aromatic amines is 1. The van der Waals surface area contributed by atoms with Gasteiger partial charge in [0.05, 0.1) is 0 Å². The minimum absolute atomic E-state index is 0.249. The normalized spacial score (nSPS) is 12.8. The maximum Gasteiger partial charge on any atom is 0.329 e. The minimum Gasteiger partial charge on any atom is -0.353 e. The van der Waals surface area contributed by atoms with Crippen LogP contribution in [0, 0.1) is 0 Å². The number of imidazole rings is 1. The Morgan fingerprint density at radius 3 is 2.65 bits per heavy atom. The molecule has 0 aliphatic heterocycles. The molecule has 0 bridgehead atoms. The number of nitrogens with zero attached hydrogens (tertiary/aromatic N) is 3. The van der Waals surface area contributed by atoms with Crippen LogP contribution in [0.5, 0.6) is 0 Å². The van der Waals surface area contributed by atoms with Gasteiger partial charge in [0.1, 0.15) is 0 Å². The first-order valence-electron chi connectivity index (χ1n) is 6.95. The molecule has 0 radical (unpaired) electrons. The van der Waals surface area contributed by atoms with Crippen LogP contribution in [0.2, 0.25) is 0 Å². The number of fused-ring (bicyclic) bond motifs is 1. The molecule has 0 aliphatic rings. The van der Waals surface area contributed by atoms with Gasteiger partial charge in [-0.05, 0) is 19.8 Å². The summed E-state index contributed by atoms with van der Waals surface area (Å²) in [5, 5.41) is 3.29. The fourth-order valence-electron chi connectivity index (χ4n) is 2.11. The summed E-state index contributed by atoms with van der Waals surface area (Å²) < 4.78 is 3.21. The lowest BCUT2D eigenvalue weighted by Gasteiger charge is -2.13. The molecule has 0 saturated heterocycles. The van der Waals surface area contributed by atoms with Gasteiger partial charge in [0, 0.05) is 19.6 Å². The van der Waals surface area contributed by atoms with Crippen molar-refractivity contribution in [3.05, 3.63) is 20.8 Å². The topological polar surface area (TPSA) is 84.7 Å². The molecule has 2 aromatic heterocycles. The van der Waals surface area contributed by atoms with E-state index >= 15 is 0 Å². The van der Waals surface area contributed by atoms with Crippen LogP contribution in [0.1, 0.15) is 33.6 Å². The molecule has 0 aliphatic carbocycles. The molecular weight excluding hydrogens is 258 g/mol.